The fraction of sp³-hybridized carbons (Fsp3) is 0.929. The molecular formula is C14H26N4O. The van der Waals surface area contributed by atoms with Crippen molar-refractivity contribution in [1.29, 1.82) is 0 Å². The van der Waals surface area contributed by atoms with Crippen molar-refractivity contribution >= 4 is 5.91 Å². The summed E-state index contributed by atoms with van der Waals surface area (Å²) in [5.41, 5.74) is 5.89. The maximum atomic E-state index is 12.1. The molecule has 5 heteroatoms. The Morgan fingerprint density at radius 3 is 2.68 bits per heavy atom. The molecule has 1 amide bonds. The van der Waals surface area contributed by atoms with Gasteiger partial charge in [0, 0.05) is 37.8 Å². The minimum absolute atomic E-state index is 0.203. The third kappa shape index (κ3) is 3.09. The maximum absolute atomic E-state index is 12.1. The molecule has 2 unspecified atom stereocenters. The zero-order valence-electron chi connectivity index (χ0n) is 11.7. The summed E-state index contributed by atoms with van der Waals surface area (Å²) in [6.07, 6.45) is 5.71. The van der Waals surface area contributed by atoms with Gasteiger partial charge in [-0.3, -0.25) is 14.6 Å². The fourth-order valence-corrected chi connectivity index (χ4v) is 3.82. The highest BCUT2D eigenvalue weighted by atomic mass is 16.2. The number of nitrogens with one attached hydrogen (secondary N) is 1. The zero-order chi connectivity index (χ0) is 13.2. The van der Waals surface area contributed by atoms with Crippen LogP contribution >= 0.6 is 0 Å². The lowest BCUT2D eigenvalue weighted by Gasteiger charge is -2.30. The van der Waals surface area contributed by atoms with Crippen molar-refractivity contribution in [2.45, 2.75) is 50.2 Å². The Morgan fingerprint density at radius 1 is 1.11 bits per heavy atom. The van der Waals surface area contributed by atoms with E-state index in [0.717, 1.165) is 38.9 Å². The second-order valence-electron chi connectivity index (χ2n) is 6.32. The Hall–Kier alpha value is -0.650. The fourth-order valence-electron chi connectivity index (χ4n) is 3.82. The number of hydrogen-bond donors (Lipinski definition) is 2. The molecule has 3 heterocycles. The van der Waals surface area contributed by atoms with Gasteiger partial charge in [0.25, 0.3) is 0 Å². The van der Waals surface area contributed by atoms with Gasteiger partial charge >= 0.3 is 0 Å². The van der Waals surface area contributed by atoms with Crippen molar-refractivity contribution in [2.24, 2.45) is 5.73 Å². The highest BCUT2D eigenvalue weighted by molar-refractivity contribution is 5.78. The second-order valence-corrected chi connectivity index (χ2v) is 6.32. The van der Waals surface area contributed by atoms with Gasteiger partial charge in [-0.1, -0.05) is 0 Å². The molecule has 3 N–H and O–H groups in total. The number of fused-ring (bicyclic) bond motifs is 1. The van der Waals surface area contributed by atoms with Crippen LogP contribution in [0, 0.1) is 0 Å². The van der Waals surface area contributed by atoms with E-state index in [1.54, 1.807) is 0 Å². The number of amides is 1. The smallest absolute Gasteiger partial charge is 0.234 e. The molecular weight excluding hydrogens is 240 g/mol. The summed E-state index contributed by atoms with van der Waals surface area (Å²) in [7, 11) is 0. The first-order chi connectivity index (χ1) is 9.22. The number of nitrogens with zero attached hydrogens (tertiary/aromatic N) is 2. The zero-order valence-corrected chi connectivity index (χ0v) is 11.7. The predicted octanol–water partition coefficient (Wildman–Crippen LogP) is -0.238. The van der Waals surface area contributed by atoms with Gasteiger partial charge in [-0.2, -0.15) is 0 Å². The third-order valence-electron chi connectivity index (χ3n) is 4.95. The van der Waals surface area contributed by atoms with E-state index in [1.165, 1.54) is 19.4 Å². The van der Waals surface area contributed by atoms with E-state index >= 15 is 0 Å². The SMILES string of the molecule is NC1CCN(CC(=O)NC2CCN3CCCC23)CC1. The lowest BCUT2D eigenvalue weighted by Crippen LogP contribution is -2.48. The van der Waals surface area contributed by atoms with Crippen molar-refractivity contribution in [1.82, 2.24) is 15.1 Å². The van der Waals surface area contributed by atoms with E-state index in [0.29, 0.717) is 24.7 Å². The van der Waals surface area contributed by atoms with Crippen LogP contribution in [-0.4, -0.2) is 66.6 Å². The lowest BCUT2D eigenvalue weighted by molar-refractivity contribution is -0.123. The van der Waals surface area contributed by atoms with E-state index < -0.39 is 0 Å². The Kier molecular flexibility index (Phi) is 4.05. The van der Waals surface area contributed by atoms with Crippen molar-refractivity contribution < 1.29 is 4.79 Å². The first-order valence-corrected chi connectivity index (χ1v) is 7.74. The average Bonchev–Trinajstić information content (AvgIpc) is 2.97. The number of carbonyl (C=O) groups excluding carboxylic acids is 1. The van der Waals surface area contributed by atoms with Crippen molar-refractivity contribution in [3.05, 3.63) is 0 Å². The molecule has 0 saturated carbocycles. The summed E-state index contributed by atoms with van der Waals surface area (Å²) >= 11 is 0. The van der Waals surface area contributed by atoms with Crippen LogP contribution < -0.4 is 11.1 Å². The van der Waals surface area contributed by atoms with Crippen LogP contribution in [0.2, 0.25) is 0 Å². The van der Waals surface area contributed by atoms with Gasteiger partial charge in [0.15, 0.2) is 0 Å². The van der Waals surface area contributed by atoms with E-state index in [2.05, 4.69) is 15.1 Å². The van der Waals surface area contributed by atoms with Gasteiger partial charge < -0.3 is 11.1 Å². The summed E-state index contributed by atoms with van der Waals surface area (Å²) in [6.45, 7) is 4.87. The molecule has 3 aliphatic rings. The molecule has 0 aromatic rings. The average molecular weight is 266 g/mol. The molecule has 0 bridgehead atoms. The molecule has 3 aliphatic heterocycles. The summed E-state index contributed by atoms with van der Waals surface area (Å²) in [4.78, 5) is 16.9. The van der Waals surface area contributed by atoms with Crippen LogP contribution in [0.4, 0.5) is 0 Å². The molecule has 5 nitrogen and oxygen atoms in total. The summed E-state index contributed by atoms with van der Waals surface area (Å²) in [5, 5.41) is 3.26. The number of rotatable bonds is 3. The summed E-state index contributed by atoms with van der Waals surface area (Å²) in [5.74, 6) is 0.203. The number of likely N-dealkylation sites (tertiary alicyclic amines) is 1. The van der Waals surface area contributed by atoms with Crippen LogP contribution in [0.1, 0.15) is 32.1 Å². The summed E-state index contributed by atoms with van der Waals surface area (Å²) < 4.78 is 0. The topological polar surface area (TPSA) is 61.6 Å². The normalized spacial score (nSPS) is 33.5. The third-order valence-corrected chi connectivity index (χ3v) is 4.95. The minimum Gasteiger partial charge on any atom is -0.351 e. The Bertz CT molecular complexity index is 327. The molecule has 3 rings (SSSR count). The monoisotopic (exact) mass is 266 g/mol. The molecule has 2 atom stereocenters. The standard InChI is InChI=1S/C14H26N4O/c15-11-3-7-17(8-4-11)10-14(19)16-12-5-9-18-6-1-2-13(12)18/h11-13H,1-10,15H2,(H,16,19). The van der Waals surface area contributed by atoms with Gasteiger partial charge in [-0.15, -0.1) is 0 Å². The van der Waals surface area contributed by atoms with Gasteiger partial charge in [-0.25, -0.2) is 0 Å². The Morgan fingerprint density at radius 2 is 1.89 bits per heavy atom. The maximum Gasteiger partial charge on any atom is 0.234 e. The van der Waals surface area contributed by atoms with E-state index in [9.17, 15) is 4.79 Å². The molecule has 0 aromatic carbocycles. The quantitative estimate of drug-likeness (QED) is 0.740. The minimum atomic E-state index is 0.203. The van der Waals surface area contributed by atoms with Gasteiger partial charge in [0.05, 0.1) is 6.54 Å². The second kappa shape index (κ2) is 5.77. The number of piperidine rings is 1. The highest BCUT2D eigenvalue weighted by Gasteiger charge is 2.37. The molecule has 0 radical (unpaired) electrons. The molecule has 0 aliphatic carbocycles. The lowest BCUT2D eigenvalue weighted by atomic mass is 10.1. The first-order valence-electron chi connectivity index (χ1n) is 7.74. The molecule has 108 valence electrons. The highest BCUT2D eigenvalue weighted by Crippen LogP contribution is 2.27. The van der Waals surface area contributed by atoms with Gasteiger partial charge in [-0.05, 0) is 38.6 Å². The van der Waals surface area contributed by atoms with Crippen LogP contribution in [0.25, 0.3) is 0 Å². The first kappa shape index (κ1) is 13.3. The number of carbonyl (C=O) groups is 1. The largest absolute Gasteiger partial charge is 0.351 e. The van der Waals surface area contributed by atoms with Crippen LogP contribution in [0.15, 0.2) is 0 Å². The van der Waals surface area contributed by atoms with E-state index in [-0.39, 0.29) is 5.91 Å². The van der Waals surface area contributed by atoms with Crippen molar-refractivity contribution in [3.8, 4) is 0 Å². The molecule has 0 spiro atoms. The number of hydrogen-bond acceptors (Lipinski definition) is 4. The van der Waals surface area contributed by atoms with Gasteiger partial charge in [0.1, 0.15) is 0 Å². The van der Waals surface area contributed by atoms with Crippen LogP contribution in [0.5, 0.6) is 0 Å². The molecule has 0 aromatic heterocycles. The van der Waals surface area contributed by atoms with Crippen molar-refractivity contribution in [2.75, 3.05) is 32.7 Å². The number of nitrogens with two attached hydrogens (primary N) is 1. The van der Waals surface area contributed by atoms with Gasteiger partial charge in [0.2, 0.25) is 5.91 Å². The van der Waals surface area contributed by atoms with E-state index in [4.69, 9.17) is 5.73 Å². The Balaban J connectivity index is 1.44. The van der Waals surface area contributed by atoms with E-state index in [1.807, 2.05) is 0 Å². The van der Waals surface area contributed by atoms with Crippen molar-refractivity contribution in [3.63, 3.8) is 0 Å². The summed E-state index contributed by atoms with van der Waals surface area (Å²) in [6, 6.07) is 1.34. The molecule has 3 saturated heterocycles. The Labute approximate surface area is 115 Å². The van der Waals surface area contributed by atoms with Crippen LogP contribution in [-0.2, 0) is 4.79 Å². The van der Waals surface area contributed by atoms with Crippen LogP contribution in [0.3, 0.4) is 0 Å². The predicted molar refractivity (Wildman–Crippen MR) is 74.8 cm³/mol. The molecule has 3 fully saturated rings. The molecule has 19 heavy (non-hydrogen) atoms.